The lowest BCUT2D eigenvalue weighted by Crippen LogP contribution is -2.46. The lowest BCUT2D eigenvalue weighted by atomic mass is 9.96. The first-order chi connectivity index (χ1) is 13.1. The van der Waals surface area contributed by atoms with Gasteiger partial charge in [0, 0.05) is 30.5 Å². The Bertz CT molecular complexity index is 816. The highest BCUT2D eigenvalue weighted by Crippen LogP contribution is 2.34. The van der Waals surface area contributed by atoms with Crippen molar-refractivity contribution in [2.75, 3.05) is 37.7 Å². The minimum absolute atomic E-state index is 0.144. The molecule has 0 aliphatic carbocycles. The van der Waals surface area contributed by atoms with Gasteiger partial charge in [0.05, 0.1) is 18.8 Å². The first-order valence-electron chi connectivity index (χ1n) is 9.50. The summed E-state index contributed by atoms with van der Waals surface area (Å²) in [5, 5.41) is 7.97. The summed E-state index contributed by atoms with van der Waals surface area (Å²) >= 11 is 6.12. The van der Waals surface area contributed by atoms with Gasteiger partial charge in [0.25, 0.3) is 0 Å². The predicted octanol–water partition coefficient (Wildman–Crippen LogP) is 2.63. The van der Waals surface area contributed by atoms with Crippen LogP contribution >= 0.6 is 11.6 Å². The molecule has 1 aromatic carbocycles. The number of aromatic nitrogens is 3. The lowest BCUT2D eigenvalue weighted by molar-refractivity contribution is -0.130. The number of aromatic amines is 1. The second kappa shape index (κ2) is 7.76. The van der Waals surface area contributed by atoms with Crippen molar-refractivity contribution in [2.45, 2.75) is 32.1 Å². The standard InChI is InChI=1S/C19H24ClN5O2/c1-2-17-21-19(23-22-17)13-5-7-24(8-6-13)18(26)12-25-9-10-27-16-4-3-14(20)11-15(16)25/h3-4,11,13H,2,5-10,12H2,1H3,(H,21,22,23). The van der Waals surface area contributed by atoms with E-state index in [2.05, 4.69) is 27.0 Å². The fourth-order valence-electron chi connectivity index (χ4n) is 3.71. The van der Waals surface area contributed by atoms with E-state index in [9.17, 15) is 4.79 Å². The number of H-pyrrole nitrogens is 1. The number of rotatable bonds is 4. The number of nitrogens with one attached hydrogen (secondary N) is 1. The number of likely N-dealkylation sites (tertiary alicyclic amines) is 1. The third kappa shape index (κ3) is 3.88. The number of carbonyl (C=O) groups is 1. The number of benzene rings is 1. The molecule has 1 aromatic heterocycles. The van der Waals surface area contributed by atoms with Crippen LogP contribution in [0.25, 0.3) is 0 Å². The van der Waals surface area contributed by atoms with Gasteiger partial charge in [-0.2, -0.15) is 5.10 Å². The van der Waals surface area contributed by atoms with Crippen molar-refractivity contribution in [1.29, 1.82) is 0 Å². The Hall–Kier alpha value is -2.28. The van der Waals surface area contributed by atoms with Crippen molar-refractivity contribution in [1.82, 2.24) is 20.1 Å². The summed E-state index contributed by atoms with van der Waals surface area (Å²) in [6, 6.07) is 5.54. The van der Waals surface area contributed by atoms with Gasteiger partial charge in [0.15, 0.2) is 5.82 Å². The van der Waals surface area contributed by atoms with E-state index in [4.69, 9.17) is 16.3 Å². The highest BCUT2D eigenvalue weighted by molar-refractivity contribution is 6.31. The number of amides is 1. The van der Waals surface area contributed by atoms with E-state index in [0.29, 0.717) is 30.6 Å². The largest absolute Gasteiger partial charge is 0.490 e. The number of fused-ring (bicyclic) bond motifs is 1. The Labute approximate surface area is 163 Å². The molecule has 1 fully saturated rings. The zero-order chi connectivity index (χ0) is 18.8. The van der Waals surface area contributed by atoms with Crippen LogP contribution in [0.5, 0.6) is 5.75 Å². The number of ether oxygens (including phenoxy) is 1. The smallest absolute Gasteiger partial charge is 0.242 e. The summed E-state index contributed by atoms with van der Waals surface area (Å²) < 4.78 is 5.67. The molecule has 0 bridgehead atoms. The monoisotopic (exact) mass is 389 g/mol. The van der Waals surface area contributed by atoms with Gasteiger partial charge >= 0.3 is 0 Å². The quantitative estimate of drug-likeness (QED) is 0.870. The Morgan fingerprint density at radius 1 is 1.33 bits per heavy atom. The van der Waals surface area contributed by atoms with Crippen molar-refractivity contribution >= 4 is 23.2 Å². The van der Waals surface area contributed by atoms with Gasteiger partial charge in [-0.05, 0) is 31.0 Å². The minimum atomic E-state index is 0.144. The molecular formula is C19H24ClN5O2. The maximum Gasteiger partial charge on any atom is 0.242 e. The van der Waals surface area contributed by atoms with Crippen molar-refractivity contribution < 1.29 is 9.53 Å². The fourth-order valence-corrected chi connectivity index (χ4v) is 3.88. The zero-order valence-electron chi connectivity index (χ0n) is 15.4. The molecule has 0 radical (unpaired) electrons. The molecule has 4 rings (SSSR count). The minimum Gasteiger partial charge on any atom is -0.490 e. The van der Waals surface area contributed by atoms with Gasteiger partial charge in [-0.15, -0.1) is 0 Å². The molecule has 8 heteroatoms. The number of anilines is 1. The van der Waals surface area contributed by atoms with Crippen LogP contribution in [0.4, 0.5) is 5.69 Å². The van der Waals surface area contributed by atoms with Gasteiger partial charge < -0.3 is 14.5 Å². The normalized spacial score (nSPS) is 17.6. The van der Waals surface area contributed by atoms with E-state index in [1.54, 1.807) is 0 Å². The topological polar surface area (TPSA) is 74.3 Å². The molecule has 1 N–H and O–H groups in total. The first kappa shape index (κ1) is 18.1. The highest BCUT2D eigenvalue weighted by Gasteiger charge is 2.28. The van der Waals surface area contributed by atoms with E-state index in [-0.39, 0.29) is 5.91 Å². The molecule has 2 aromatic rings. The Morgan fingerprint density at radius 2 is 2.15 bits per heavy atom. The average molecular weight is 390 g/mol. The number of carbonyl (C=O) groups excluding carboxylic acids is 1. The number of nitrogens with zero attached hydrogens (tertiary/aromatic N) is 4. The molecule has 144 valence electrons. The summed E-state index contributed by atoms with van der Waals surface area (Å²) in [7, 11) is 0. The third-order valence-corrected chi connectivity index (χ3v) is 5.54. The molecule has 0 spiro atoms. The van der Waals surface area contributed by atoms with Crippen LogP contribution in [-0.2, 0) is 11.2 Å². The highest BCUT2D eigenvalue weighted by atomic mass is 35.5. The lowest BCUT2D eigenvalue weighted by Gasteiger charge is -2.35. The van der Waals surface area contributed by atoms with Gasteiger partial charge in [0.1, 0.15) is 18.2 Å². The molecule has 0 atom stereocenters. The van der Waals surface area contributed by atoms with Crippen LogP contribution in [0.2, 0.25) is 5.02 Å². The maximum absolute atomic E-state index is 12.8. The number of piperidine rings is 1. The average Bonchev–Trinajstić information content (AvgIpc) is 3.18. The molecule has 0 unspecified atom stereocenters. The Balaban J connectivity index is 1.36. The molecule has 7 nitrogen and oxygen atoms in total. The van der Waals surface area contributed by atoms with Crippen molar-refractivity contribution in [3.8, 4) is 5.75 Å². The molecule has 2 aliphatic heterocycles. The second-order valence-corrected chi connectivity index (χ2v) is 7.47. The summed E-state index contributed by atoms with van der Waals surface area (Å²) in [5.41, 5.74) is 0.893. The summed E-state index contributed by atoms with van der Waals surface area (Å²) in [5.74, 6) is 3.07. The van der Waals surface area contributed by atoms with E-state index < -0.39 is 0 Å². The van der Waals surface area contributed by atoms with Crippen molar-refractivity contribution in [3.05, 3.63) is 34.9 Å². The van der Waals surface area contributed by atoms with E-state index in [1.165, 1.54) is 0 Å². The van der Waals surface area contributed by atoms with Crippen LogP contribution in [0.1, 0.15) is 37.3 Å². The Kier molecular flexibility index (Phi) is 5.20. The van der Waals surface area contributed by atoms with Crippen LogP contribution in [0, 0.1) is 0 Å². The van der Waals surface area contributed by atoms with E-state index in [0.717, 1.165) is 55.4 Å². The molecule has 0 saturated carbocycles. The predicted molar refractivity (Wildman–Crippen MR) is 103 cm³/mol. The van der Waals surface area contributed by atoms with Crippen molar-refractivity contribution in [2.24, 2.45) is 0 Å². The molecule has 3 heterocycles. The van der Waals surface area contributed by atoms with Crippen LogP contribution in [-0.4, -0.2) is 58.8 Å². The molecule has 2 aliphatic rings. The zero-order valence-corrected chi connectivity index (χ0v) is 16.2. The Morgan fingerprint density at radius 3 is 2.89 bits per heavy atom. The summed E-state index contributed by atoms with van der Waals surface area (Å²) in [4.78, 5) is 21.4. The SMILES string of the molecule is CCc1nc(C2CCN(C(=O)CN3CCOc4ccc(Cl)cc43)CC2)n[nH]1. The van der Waals surface area contributed by atoms with Gasteiger partial charge in [-0.25, -0.2) is 4.98 Å². The van der Waals surface area contributed by atoms with E-state index >= 15 is 0 Å². The van der Waals surface area contributed by atoms with Crippen molar-refractivity contribution in [3.63, 3.8) is 0 Å². The second-order valence-electron chi connectivity index (χ2n) is 7.03. The van der Waals surface area contributed by atoms with Gasteiger partial charge in [-0.1, -0.05) is 18.5 Å². The molecular weight excluding hydrogens is 366 g/mol. The van der Waals surface area contributed by atoms with Gasteiger partial charge in [-0.3, -0.25) is 9.89 Å². The van der Waals surface area contributed by atoms with Crippen LogP contribution < -0.4 is 9.64 Å². The van der Waals surface area contributed by atoms with Crippen LogP contribution in [0.3, 0.4) is 0 Å². The molecule has 1 amide bonds. The fraction of sp³-hybridized carbons (Fsp3) is 0.526. The number of hydrogen-bond acceptors (Lipinski definition) is 5. The van der Waals surface area contributed by atoms with Gasteiger partial charge in [0.2, 0.25) is 5.91 Å². The molecule has 1 saturated heterocycles. The summed E-state index contributed by atoms with van der Waals surface area (Å²) in [6.07, 6.45) is 2.66. The maximum atomic E-state index is 12.8. The number of hydrogen-bond donors (Lipinski definition) is 1. The van der Waals surface area contributed by atoms with E-state index in [1.807, 2.05) is 23.1 Å². The van der Waals surface area contributed by atoms with Crippen LogP contribution in [0.15, 0.2) is 18.2 Å². The first-order valence-corrected chi connectivity index (χ1v) is 9.88. The summed E-state index contributed by atoms with van der Waals surface area (Å²) in [6.45, 7) is 5.16. The number of aryl methyl sites for hydroxylation is 1. The number of halogens is 1. The third-order valence-electron chi connectivity index (χ3n) is 5.30. The molecule has 27 heavy (non-hydrogen) atoms.